The molecule has 2 rings (SSSR count). The lowest BCUT2D eigenvalue weighted by atomic mass is 10.2. The highest BCUT2D eigenvalue weighted by molar-refractivity contribution is 7.89. The van der Waals surface area contributed by atoms with Gasteiger partial charge in [-0.25, -0.2) is 17.1 Å². The van der Waals surface area contributed by atoms with Gasteiger partial charge in [0.05, 0.1) is 22.8 Å². The van der Waals surface area contributed by atoms with Crippen LogP contribution < -0.4 is 16.0 Å². The number of carbonyl (C=O) groups excluding carboxylic acids is 1. The van der Waals surface area contributed by atoms with Gasteiger partial charge in [0.2, 0.25) is 15.9 Å². The first-order valence-corrected chi connectivity index (χ1v) is 10.2. The number of amides is 1. The lowest BCUT2D eigenvalue weighted by molar-refractivity contribution is -0.119. The number of nitrogens with zero attached hydrogens (tertiary/aromatic N) is 1. The maximum absolute atomic E-state index is 12.9. The van der Waals surface area contributed by atoms with Crippen LogP contribution in [-0.4, -0.2) is 45.8 Å². The summed E-state index contributed by atoms with van der Waals surface area (Å²) >= 11 is 0. The van der Waals surface area contributed by atoms with Crippen LogP contribution in [0.25, 0.3) is 0 Å². The third kappa shape index (κ3) is 5.67. The number of hydrogen-bond acceptors (Lipinski definition) is 5. The molecular formula is C19H25FN4O3S. The van der Waals surface area contributed by atoms with Crippen molar-refractivity contribution < 1.29 is 17.6 Å². The quantitative estimate of drug-likeness (QED) is 0.592. The molecule has 0 aliphatic carbocycles. The molecule has 0 spiro atoms. The fourth-order valence-electron chi connectivity index (χ4n) is 2.43. The van der Waals surface area contributed by atoms with Crippen LogP contribution >= 0.6 is 0 Å². The Morgan fingerprint density at radius 3 is 2.32 bits per heavy atom. The molecule has 0 aliphatic rings. The van der Waals surface area contributed by atoms with E-state index >= 15 is 0 Å². The molecule has 0 saturated heterocycles. The monoisotopic (exact) mass is 408 g/mol. The number of anilines is 2. The van der Waals surface area contributed by atoms with Gasteiger partial charge in [-0.05, 0) is 42.8 Å². The third-order valence-corrected chi connectivity index (χ3v) is 5.79. The van der Waals surface area contributed by atoms with Crippen LogP contribution in [0.2, 0.25) is 0 Å². The van der Waals surface area contributed by atoms with Gasteiger partial charge < -0.3 is 16.0 Å². The highest BCUT2D eigenvalue weighted by Gasteiger charge is 2.19. The topological polar surface area (TPSA) is 90.5 Å². The van der Waals surface area contributed by atoms with Gasteiger partial charge in [0.1, 0.15) is 5.82 Å². The number of halogens is 1. The van der Waals surface area contributed by atoms with E-state index in [0.29, 0.717) is 17.9 Å². The standard InChI is InChI=1S/C19H25FN4O3S/c1-4-21-17-10-9-16(28(26,27)24(2)3)11-18(17)22-13-19(25)23-12-14-5-7-15(20)8-6-14/h5-11,21-22H,4,12-13H2,1-3H3,(H,23,25). The van der Waals surface area contributed by atoms with E-state index < -0.39 is 10.0 Å². The minimum Gasteiger partial charge on any atom is -0.384 e. The summed E-state index contributed by atoms with van der Waals surface area (Å²) in [5, 5.41) is 8.84. The number of sulfonamides is 1. The van der Waals surface area contributed by atoms with E-state index in [1.165, 1.54) is 38.4 Å². The molecule has 2 aromatic carbocycles. The number of nitrogens with one attached hydrogen (secondary N) is 3. The molecule has 7 nitrogen and oxygen atoms in total. The first-order valence-electron chi connectivity index (χ1n) is 8.79. The maximum Gasteiger partial charge on any atom is 0.242 e. The highest BCUT2D eigenvalue weighted by Crippen LogP contribution is 2.26. The minimum atomic E-state index is -3.59. The summed E-state index contributed by atoms with van der Waals surface area (Å²) in [6.07, 6.45) is 0. The Kier molecular flexibility index (Phi) is 7.36. The molecule has 0 bridgehead atoms. The molecular weight excluding hydrogens is 383 g/mol. The number of carbonyl (C=O) groups is 1. The zero-order chi connectivity index (χ0) is 20.7. The average Bonchev–Trinajstić information content (AvgIpc) is 2.66. The number of benzene rings is 2. The summed E-state index contributed by atoms with van der Waals surface area (Å²) in [7, 11) is -0.661. The van der Waals surface area contributed by atoms with Crippen molar-refractivity contribution >= 4 is 27.3 Å². The Morgan fingerprint density at radius 2 is 1.71 bits per heavy atom. The van der Waals surface area contributed by atoms with Gasteiger partial charge in [0, 0.05) is 27.2 Å². The molecule has 28 heavy (non-hydrogen) atoms. The second kappa shape index (κ2) is 9.52. The van der Waals surface area contributed by atoms with Crippen LogP contribution in [-0.2, 0) is 21.4 Å². The van der Waals surface area contributed by atoms with Crippen LogP contribution in [0, 0.1) is 5.82 Å². The van der Waals surface area contributed by atoms with E-state index in [-0.39, 0.29) is 29.7 Å². The summed E-state index contributed by atoms with van der Waals surface area (Å²) in [5.74, 6) is -0.604. The van der Waals surface area contributed by atoms with Gasteiger partial charge in [-0.2, -0.15) is 0 Å². The first-order chi connectivity index (χ1) is 13.2. The van der Waals surface area contributed by atoms with Crippen molar-refractivity contribution in [1.82, 2.24) is 9.62 Å². The molecule has 0 unspecified atom stereocenters. The Labute approximate surface area is 165 Å². The van der Waals surface area contributed by atoms with Crippen LogP contribution in [0.4, 0.5) is 15.8 Å². The van der Waals surface area contributed by atoms with E-state index in [2.05, 4.69) is 16.0 Å². The molecule has 1 amide bonds. The van der Waals surface area contributed by atoms with Gasteiger partial charge in [0.15, 0.2) is 0 Å². The third-order valence-electron chi connectivity index (χ3n) is 3.98. The molecule has 3 N–H and O–H groups in total. The molecule has 2 aromatic rings. The van der Waals surface area contributed by atoms with Crippen molar-refractivity contribution in [3.63, 3.8) is 0 Å². The summed E-state index contributed by atoms with van der Waals surface area (Å²) in [6, 6.07) is 10.5. The summed E-state index contributed by atoms with van der Waals surface area (Å²) in [4.78, 5) is 12.3. The van der Waals surface area contributed by atoms with Gasteiger partial charge in [-0.1, -0.05) is 12.1 Å². The maximum atomic E-state index is 12.9. The Balaban J connectivity index is 2.06. The normalized spacial score (nSPS) is 11.3. The predicted molar refractivity (Wildman–Crippen MR) is 108 cm³/mol. The second-order valence-electron chi connectivity index (χ2n) is 6.28. The second-order valence-corrected chi connectivity index (χ2v) is 8.43. The Morgan fingerprint density at radius 1 is 1.04 bits per heavy atom. The van der Waals surface area contributed by atoms with Crippen molar-refractivity contribution in [2.75, 3.05) is 37.8 Å². The molecule has 9 heteroatoms. The Bertz CT molecular complexity index is 915. The van der Waals surface area contributed by atoms with Crippen molar-refractivity contribution in [2.24, 2.45) is 0 Å². The zero-order valence-corrected chi connectivity index (χ0v) is 16.9. The van der Waals surface area contributed by atoms with Gasteiger partial charge in [-0.3, -0.25) is 4.79 Å². The van der Waals surface area contributed by atoms with Crippen molar-refractivity contribution in [3.8, 4) is 0 Å². The lowest BCUT2D eigenvalue weighted by Gasteiger charge is -2.17. The number of hydrogen-bond donors (Lipinski definition) is 3. The zero-order valence-electron chi connectivity index (χ0n) is 16.1. The highest BCUT2D eigenvalue weighted by atomic mass is 32.2. The minimum absolute atomic E-state index is 0.0367. The summed E-state index contributed by atoms with van der Waals surface area (Å²) in [6.45, 7) is 2.80. The largest absolute Gasteiger partial charge is 0.384 e. The van der Waals surface area contributed by atoms with Crippen LogP contribution in [0.1, 0.15) is 12.5 Å². The van der Waals surface area contributed by atoms with Crippen LogP contribution in [0.15, 0.2) is 47.4 Å². The molecule has 152 valence electrons. The van der Waals surface area contributed by atoms with E-state index in [1.807, 2.05) is 6.92 Å². The molecule has 0 heterocycles. The van der Waals surface area contributed by atoms with Gasteiger partial charge in [0.25, 0.3) is 0 Å². The summed E-state index contributed by atoms with van der Waals surface area (Å²) < 4.78 is 38.7. The van der Waals surface area contributed by atoms with E-state index in [1.54, 1.807) is 18.2 Å². The number of rotatable bonds is 9. The fourth-order valence-corrected chi connectivity index (χ4v) is 3.35. The van der Waals surface area contributed by atoms with Crippen molar-refractivity contribution in [2.45, 2.75) is 18.4 Å². The van der Waals surface area contributed by atoms with Crippen LogP contribution in [0.3, 0.4) is 0 Å². The van der Waals surface area contributed by atoms with E-state index in [9.17, 15) is 17.6 Å². The van der Waals surface area contributed by atoms with E-state index in [0.717, 1.165) is 9.87 Å². The van der Waals surface area contributed by atoms with Crippen molar-refractivity contribution in [1.29, 1.82) is 0 Å². The fraction of sp³-hybridized carbons (Fsp3) is 0.316. The molecule has 0 aliphatic heterocycles. The first kappa shape index (κ1) is 21.6. The molecule has 0 saturated carbocycles. The van der Waals surface area contributed by atoms with Crippen molar-refractivity contribution in [3.05, 3.63) is 53.8 Å². The average molecular weight is 408 g/mol. The molecule has 0 radical (unpaired) electrons. The SMILES string of the molecule is CCNc1ccc(S(=O)(=O)N(C)C)cc1NCC(=O)NCc1ccc(F)cc1. The van der Waals surface area contributed by atoms with Gasteiger partial charge in [-0.15, -0.1) is 0 Å². The molecule has 0 atom stereocenters. The Hall–Kier alpha value is -2.65. The van der Waals surface area contributed by atoms with Crippen LogP contribution in [0.5, 0.6) is 0 Å². The predicted octanol–water partition coefficient (Wildman–Crippen LogP) is 2.24. The molecule has 0 fully saturated rings. The lowest BCUT2D eigenvalue weighted by Crippen LogP contribution is -2.29. The van der Waals surface area contributed by atoms with Gasteiger partial charge >= 0.3 is 0 Å². The van der Waals surface area contributed by atoms with E-state index in [4.69, 9.17) is 0 Å². The smallest absolute Gasteiger partial charge is 0.242 e. The summed E-state index contributed by atoms with van der Waals surface area (Å²) in [5.41, 5.74) is 2.00. The molecule has 0 aromatic heterocycles.